The molecule has 1 aliphatic rings. The molecule has 2 N–H and O–H groups in total. The van der Waals surface area contributed by atoms with Gasteiger partial charge in [-0.25, -0.2) is 0 Å². The van der Waals surface area contributed by atoms with Crippen LogP contribution in [0.15, 0.2) is 24.3 Å². The van der Waals surface area contributed by atoms with Crippen LogP contribution >= 0.6 is 0 Å². The van der Waals surface area contributed by atoms with Crippen LogP contribution in [0.4, 0.5) is 5.69 Å². The third kappa shape index (κ3) is 4.31. The lowest BCUT2D eigenvalue weighted by Crippen LogP contribution is -2.22. The Kier molecular flexibility index (Phi) is 5.02. The molecule has 1 aromatic rings. The summed E-state index contributed by atoms with van der Waals surface area (Å²) in [6.07, 6.45) is 3.67. The lowest BCUT2D eigenvalue weighted by Gasteiger charge is -2.19. The summed E-state index contributed by atoms with van der Waals surface area (Å²) in [5.74, 6) is 0.853. The van der Waals surface area contributed by atoms with Crippen LogP contribution in [0.2, 0.25) is 0 Å². The first-order valence-corrected chi connectivity index (χ1v) is 6.87. The molecule has 2 rings (SSSR count). The van der Waals surface area contributed by atoms with E-state index in [9.17, 15) is 0 Å². The number of ether oxygens (including phenoxy) is 1. The zero-order valence-electron chi connectivity index (χ0n) is 11.3. The molecule has 0 aromatic heterocycles. The Bertz CT molecular complexity index is 346. The van der Waals surface area contributed by atoms with Gasteiger partial charge in [0.2, 0.25) is 0 Å². The molecule has 1 fully saturated rings. The Labute approximate surface area is 110 Å². The van der Waals surface area contributed by atoms with Crippen molar-refractivity contribution in [3.63, 3.8) is 0 Å². The average Bonchev–Trinajstić information content (AvgIpc) is 3.20. The first-order valence-electron chi connectivity index (χ1n) is 6.87. The smallest absolute Gasteiger partial charge is 0.0641 e. The normalized spacial score (nSPS) is 14.8. The van der Waals surface area contributed by atoms with Crippen molar-refractivity contribution in [1.82, 2.24) is 0 Å². The van der Waals surface area contributed by atoms with Crippen LogP contribution in [-0.4, -0.2) is 33.4 Å². The zero-order chi connectivity index (χ0) is 12.8. The maximum Gasteiger partial charge on any atom is 0.0641 e. The molecule has 0 amide bonds. The Morgan fingerprint density at radius 2 is 2.00 bits per heavy atom. The summed E-state index contributed by atoms with van der Waals surface area (Å²) in [7, 11) is 2.11. The van der Waals surface area contributed by atoms with Crippen LogP contribution in [0.5, 0.6) is 0 Å². The minimum absolute atomic E-state index is 0.712. The summed E-state index contributed by atoms with van der Waals surface area (Å²) < 4.78 is 5.65. The second-order valence-corrected chi connectivity index (χ2v) is 5.14. The fraction of sp³-hybridized carbons (Fsp3) is 0.600. The molecule has 0 radical (unpaired) electrons. The summed E-state index contributed by atoms with van der Waals surface area (Å²) in [6.45, 7) is 3.42. The van der Waals surface area contributed by atoms with Gasteiger partial charge in [-0.05, 0) is 49.4 Å². The predicted octanol–water partition coefficient (Wildman–Crippen LogP) is 2.05. The van der Waals surface area contributed by atoms with Gasteiger partial charge in [-0.2, -0.15) is 0 Å². The molecule has 0 heterocycles. The molecule has 3 nitrogen and oxygen atoms in total. The van der Waals surface area contributed by atoms with Crippen LogP contribution in [0.3, 0.4) is 0 Å². The van der Waals surface area contributed by atoms with E-state index < -0.39 is 0 Å². The van der Waals surface area contributed by atoms with E-state index in [1.165, 1.54) is 24.1 Å². The summed E-state index contributed by atoms with van der Waals surface area (Å²) in [6, 6.07) is 8.63. The third-order valence-electron chi connectivity index (χ3n) is 3.43. The average molecular weight is 248 g/mol. The van der Waals surface area contributed by atoms with E-state index in [0.717, 1.165) is 32.1 Å². The Morgan fingerprint density at radius 3 is 2.61 bits per heavy atom. The van der Waals surface area contributed by atoms with Gasteiger partial charge in [0.25, 0.3) is 0 Å². The van der Waals surface area contributed by atoms with Crippen LogP contribution in [0, 0.1) is 5.92 Å². The fourth-order valence-electron chi connectivity index (χ4n) is 1.95. The maximum absolute atomic E-state index is 5.65. The number of likely N-dealkylation sites (N-methyl/N-ethyl adjacent to an activating group) is 1. The zero-order valence-corrected chi connectivity index (χ0v) is 11.3. The summed E-state index contributed by atoms with van der Waals surface area (Å²) >= 11 is 0. The summed E-state index contributed by atoms with van der Waals surface area (Å²) in [5.41, 5.74) is 8.09. The minimum atomic E-state index is 0.712. The molecule has 3 heteroatoms. The second-order valence-electron chi connectivity index (χ2n) is 5.14. The Morgan fingerprint density at radius 1 is 1.28 bits per heavy atom. The second kappa shape index (κ2) is 6.76. The highest BCUT2D eigenvalue weighted by Crippen LogP contribution is 2.28. The van der Waals surface area contributed by atoms with Gasteiger partial charge < -0.3 is 15.4 Å². The number of rotatable bonds is 8. The fourth-order valence-corrected chi connectivity index (χ4v) is 1.95. The lowest BCUT2D eigenvalue weighted by atomic mass is 10.1. The van der Waals surface area contributed by atoms with Gasteiger partial charge >= 0.3 is 0 Å². The van der Waals surface area contributed by atoms with E-state index in [2.05, 4.69) is 36.2 Å². The molecule has 0 unspecified atom stereocenters. The Hall–Kier alpha value is -1.06. The highest BCUT2D eigenvalue weighted by atomic mass is 16.5. The van der Waals surface area contributed by atoms with E-state index in [4.69, 9.17) is 10.5 Å². The van der Waals surface area contributed by atoms with Gasteiger partial charge in [-0.3, -0.25) is 0 Å². The van der Waals surface area contributed by atoms with Crippen molar-refractivity contribution in [1.29, 1.82) is 0 Å². The van der Waals surface area contributed by atoms with Crippen molar-refractivity contribution in [3.8, 4) is 0 Å². The molecular formula is C15H24N2O. The van der Waals surface area contributed by atoms with E-state index >= 15 is 0 Å². The maximum atomic E-state index is 5.65. The Balaban J connectivity index is 1.70. The SMILES string of the molecule is CN(CCOCC1CC1)c1ccc(CCN)cc1. The summed E-state index contributed by atoms with van der Waals surface area (Å²) in [5, 5.41) is 0. The number of hydrogen-bond donors (Lipinski definition) is 1. The van der Waals surface area contributed by atoms with Gasteiger partial charge in [0.05, 0.1) is 6.61 Å². The monoisotopic (exact) mass is 248 g/mol. The first-order chi connectivity index (χ1) is 8.79. The van der Waals surface area contributed by atoms with Gasteiger partial charge in [0.15, 0.2) is 0 Å². The van der Waals surface area contributed by atoms with Gasteiger partial charge in [0, 0.05) is 25.9 Å². The van der Waals surface area contributed by atoms with Gasteiger partial charge in [0.1, 0.15) is 0 Å². The molecule has 0 atom stereocenters. The molecule has 0 saturated heterocycles. The van der Waals surface area contributed by atoms with Crippen molar-refractivity contribution in [2.24, 2.45) is 11.7 Å². The van der Waals surface area contributed by atoms with Crippen molar-refractivity contribution >= 4 is 5.69 Å². The molecule has 0 spiro atoms. The predicted molar refractivity (Wildman–Crippen MR) is 76.0 cm³/mol. The third-order valence-corrected chi connectivity index (χ3v) is 3.43. The molecule has 0 bridgehead atoms. The van der Waals surface area contributed by atoms with Crippen LogP contribution in [0.1, 0.15) is 18.4 Å². The highest BCUT2D eigenvalue weighted by molar-refractivity contribution is 5.46. The number of anilines is 1. The largest absolute Gasteiger partial charge is 0.379 e. The van der Waals surface area contributed by atoms with E-state index in [-0.39, 0.29) is 0 Å². The number of hydrogen-bond acceptors (Lipinski definition) is 3. The van der Waals surface area contributed by atoms with E-state index in [1.54, 1.807) is 0 Å². The molecular weight excluding hydrogens is 224 g/mol. The van der Waals surface area contributed by atoms with Crippen LogP contribution < -0.4 is 10.6 Å². The van der Waals surface area contributed by atoms with E-state index in [1.807, 2.05) is 0 Å². The molecule has 1 aromatic carbocycles. The highest BCUT2D eigenvalue weighted by Gasteiger charge is 2.20. The molecule has 1 saturated carbocycles. The van der Waals surface area contributed by atoms with E-state index in [0.29, 0.717) is 6.54 Å². The number of nitrogens with zero attached hydrogens (tertiary/aromatic N) is 1. The molecule has 0 aliphatic heterocycles. The van der Waals surface area contributed by atoms with Gasteiger partial charge in [-0.15, -0.1) is 0 Å². The van der Waals surface area contributed by atoms with Gasteiger partial charge in [-0.1, -0.05) is 12.1 Å². The first kappa shape index (κ1) is 13.4. The standard InChI is InChI=1S/C15H24N2O/c1-17(10-11-18-12-14-2-3-14)15-6-4-13(5-7-15)8-9-16/h4-7,14H,2-3,8-12,16H2,1H3. The van der Waals surface area contributed by atoms with Crippen molar-refractivity contribution in [3.05, 3.63) is 29.8 Å². The van der Waals surface area contributed by atoms with Crippen molar-refractivity contribution < 1.29 is 4.74 Å². The molecule has 100 valence electrons. The van der Waals surface area contributed by atoms with Crippen LogP contribution in [0.25, 0.3) is 0 Å². The van der Waals surface area contributed by atoms with Crippen molar-refractivity contribution in [2.75, 3.05) is 38.3 Å². The van der Waals surface area contributed by atoms with Crippen LogP contribution in [-0.2, 0) is 11.2 Å². The molecule has 1 aliphatic carbocycles. The quantitative estimate of drug-likeness (QED) is 0.716. The van der Waals surface area contributed by atoms with Crippen molar-refractivity contribution in [2.45, 2.75) is 19.3 Å². The number of benzene rings is 1. The lowest BCUT2D eigenvalue weighted by molar-refractivity contribution is 0.131. The minimum Gasteiger partial charge on any atom is -0.379 e. The summed E-state index contributed by atoms with van der Waals surface area (Å²) in [4.78, 5) is 2.24. The molecule has 18 heavy (non-hydrogen) atoms. The topological polar surface area (TPSA) is 38.5 Å². The number of nitrogens with two attached hydrogens (primary N) is 1.